The Labute approximate surface area is 124 Å². The van der Waals surface area contributed by atoms with Crippen molar-refractivity contribution >= 4 is 5.91 Å². The Kier molecular flexibility index (Phi) is 3.90. The van der Waals surface area contributed by atoms with E-state index in [-0.39, 0.29) is 11.9 Å². The van der Waals surface area contributed by atoms with Crippen molar-refractivity contribution < 1.29 is 9.53 Å². The summed E-state index contributed by atoms with van der Waals surface area (Å²) >= 11 is 0. The lowest BCUT2D eigenvalue weighted by molar-refractivity contribution is -0.131. The van der Waals surface area contributed by atoms with Crippen molar-refractivity contribution in [2.45, 2.75) is 25.3 Å². The van der Waals surface area contributed by atoms with Crippen LogP contribution in [-0.2, 0) is 11.2 Å². The molecule has 0 saturated carbocycles. The Morgan fingerprint density at radius 2 is 2.33 bits per heavy atom. The van der Waals surface area contributed by atoms with Gasteiger partial charge in [0.25, 0.3) is 0 Å². The molecular formula is C16H19N3O2. The van der Waals surface area contributed by atoms with Crippen LogP contribution in [-0.4, -0.2) is 34.4 Å². The van der Waals surface area contributed by atoms with Crippen molar-refractivity contribution in [3.8, 4) is 5.75 Å². The van der Waals surface area contributed by atoms with Gasteiger partial charge in [0.2, 0.25) is 5.91 Å². The lowest BCUT2D eigenvalue weighted by atomic mass is 10.0. The molecular weight excluding hydrogens is 266 g/mol. The second kappa shape index (κ2) is 5.99. The first-order valence-corrected chi connectivity index (χ1v) is 7.19. The number of rotatable bonds is 4. The van der Waals surface area contributed by atoms with Crippen molar-refractivity contribution in [2.75, 3.05) is 13.7 Å². The van der Waals surface area contributed by atoms with Gasteiger partial charge < -0.3 is 14.6 Å². The normalized spacial score (nSPS) is 18.0. The number of para-hydroxylation sites is 1. The number of aromatic nitrogens is 2. The molecule has 3 rings (SSSR count). The van der Waals surface area contributed by atoms with Gasteiger partial charge in [-0.2, -0.15) is 0 Å². The Morgan fingerprint density at radius 3 is 3.10 bits per heavy atom. The van der Waals surface area contributed by atoms with E-state index in [0.717, 1.165) is 36.4 Å². The number of imidazole rings is 1. The fourth-order valence-electron chi connectivity index (χ4n) is 2.98. The number of nitrogens with zero attached hydrogens (tertiary/aromatic N) is 2. The monoisotopic (exact) mass is 285 g/mol. The largest absolute Gasteiger partial charge is 0.496 e. The summed E-state index contributed by atoms with van der Waals surface area (Å²) in [6.45, 7) is 0.801. The van der Waals surface area contributed by atoms with Gasteiger partial charge in [0, 0.05) is 24.0 Å². The lowest BCUT2D eigenvalue weighted by Crippen LogP contribution is -2.32. The third-order valence-corrected chi connectivity index (χ3v) is 3.97. The van der Waals surface area contributed by atoms with Gasteiger partial charge in [0.1, 0.15) is 5.75 Å². The highest BCUT2D eigenvalue weighted by molar-refractivity contribution is 5.79. The minimum absolute atomic E-state index is 0.108. The van der Waals surface area contributed by atoms with Crippen LogP contribution >= 0.6 is 0 Å². The third kappa shape index (κ3) is 2.77. The molecule has 1 aliphatic heterocycles. The zero-order valence-corrected chi connectivity index (χ0v) is 12.1. The molecule has 2 heterocycles. The number of benzene rings is 1. The van der Waals surface area contributed by atoms with Crippen LogP contribution < -0.4 is 4.74 Å². The summed E-state index contributed by atoms with van der Waals surface area (Å²) in [5.41, 5.74) is 1.95. The number of likely N-dealkylation sites (tertiary alicyclic amines) is 1. The second-order valence-corrected chi connectivity index (χ2v) is 5.24. The molecule has 0 unspecified atom stereocenters. The Bertz CT molecular complexity index is 610. The number of carbonyl (C=O) groups excluding carboxylic acids is 1. The number of aromatic amines is 1. The van der Waals surface area contributed by atoms with Crippen LogP contribution in [0.25, 0.3) is 0 Å². The Hall–Kier alpha value is -2.30. The van der Waals surface area contributed by atoms with Crippen molar-refractivity contribution in [3.05, 3.63) is 48.0 Å². The molecule has 110 valence electrons. The first-order chi connectivity index (χ1) is 10.3. The summed E-state index contributed by atoms with van der Waals surface area (Å²) in [5, 5.41) is 0. The summed E-state index contributed by atoms with van der Waals surface area (Å²) in [5.74, 6) is 0.983. The van der Waals surface area contributed by atoms with E-state index < -0.39 is 0 Å². The lowest BCUT2D eigenvalue weighted by Gasteiger charge is -2.26. The third-order valence-electron chi connectivity index (χ3n) is 3.97. The maximum atomic E-state index is 12.5. The van der Waals surface area contributed by atoms with Gasteiger partial charge >= 0.3 is 0 Å². The highest BCUT2D eigenvalue weighted by Crippen LogP contribution is 2.37. The second-order valence-electron chi connectivity index (χ2n) is 5.24. The molecule has 1 N–H and O–H groups in total. The fourth-order valence-corrected chi connectivity index (χ4v) is 2.98. The van der Waals surface area contributed by atoms with Crippen molar-refractivity contribution in [1.29, 1.82) is 0 Å². The average molecular weight is 285 g/mol. The van der Waals surface area contributed by atoms with Crippen LogP contribution in [0.1, 0.15) is 30.1 Å². The zero-order valence-electron chi connectivity index (χ0n) is 12.1. The molecule has 1 aromatic carbocycles. The number of H-pyrrole nitrogens is 1. The first-order valence-electron chi connectivity index (χ1n) is 7.19. The number of methoxy groups -OCH3 is 1. The van der Waals surface area contributed by atoms with E-state index >= 15 is 0 Å². The predicted octanol–water partition coefficient (Wildman–Crippen LogP) is 2.32. The molecule has 2 aromatic rings. The first kappa shape index (κ1) is 13.7. The summed E-state index contributed by atoms with van der Waals surface area (Å²) in [6.07, 6.45) is 5.68. The SMILES string of the molecule is COc1ccccc1[C@H]1CCCN1C(=O)Cc1cnc[nH]1. The molecule has 5 heteroatoms. The highest BCUT2D eigenvalue weighted by Gasteiger charge is 2.31. The van der Waals surface area contributed by atoms with E-state index in [9.17, 15) is 4.79 Å². The van der Waals surface area contributed by atoms with Crippen LogP contribution in [0.4, 0.5) is 0 Å². The number of nitrogens with one attached hydrogen (secondary N) is 1. The standard InChI is InChI=1S/C16H19N3O2/c1-21-15-7-3-2-5-13(15)14-6-4-8-19(14)16(20)9-12-10-17-11-18-12/h2-3,5,7,10-11,14H,4,6,8-9H2,1H3,(H,17,18)/t14-/m1/s1. The van der Waals surface area contributed by atoms with Gasteiger partial charge in [-0.05, 0) is 18.9 Å². The number of hydrogen-bond donors (Lipinski definition) is 1. The van der Waals surface area contributed by atoms with E-state index in [1.807, 2.05) is 29.2 Å². The number of amides is 1. The van der Waals surface area contributed by atoms with Crippen LogP contribution in [0.2, 0.25) is 0 Å². The highest BCUT2D eigenvalue weighted by atomic mass is 16.5. The van der Waals surface area contributed by atoms with Crippen LogP contribution in [0.5, 0.6) is 5.75 Å². The molecule has 5 nitrogen and oxygen atoms in total. The van der Waals surface area contributed by atoms with Crippen LogP contribution in [0, 0.1) is 0 Å². The van der Waals surface area contributed by atoms with Gasteiger partial charge in [-0.15, -0.1) is 0 Å². The summed E-state index contributed by atoms with van der Waals surface area (Å²) in [7, 11) is 1.67. The maximum absolute atomic E-state index is 12.5. The van der Waals surface area contributed by atoms with E-state index in [0.29, 0.717) is 6.42 Å². The Morgan fingerprint density at radius 1 is 1.48 bits per heavy atom. The number of hydrogen-bond acceptors (Lipinski definition) is 3. The molecule has 1 atom stereocenters. The minimum Gasteiger partial charge on any atom is -0.496 e. The summed E-state index contributed by atoms with van der Waals surface area (Å²) in [6, 6.07) is 8.05. The molecule has 1 fully saturated rings. The quantitative estimate of drug-likeness (QED) is 0.938. The molecule has 1 amide bonds. The smallest absolute Gasteiger partial charge is 0.229 e. The summed E-state index contributed by atoms with van der Waals surface area (Å²) < 4.78 is 5.44. The average Bonchev–Trinajstić information content (AvgIpc) is 3.18. The van der Waals surface area contributed by atoms with E-state index in [1.165, 1.54) is 0 Å². The number of ether oxygens (including phenoxy) is 1. The molecule has 0 spiro atoms. The van der Waals surface area contributed by atoms with Gasteiger partial charge in [0.05, 0.1) is 25.9 Å². The predicted molar refractivity (Wildman–Crippen MR) is 79.0 cm³/mol. The van der Waals surface area contributed by atoms with E-state index in [2.05, 4.69) is 9.97 Å². The van der Waals surface area contributed by atoms with Crippen LogP contribution in [0.3, 0.4) is 0 Å². The molecule has 1 aliphatic rings. The van der Waals surface area contributed by atoms with E-state index in [1.54, 1.807) is 19.6 Å². The van der Waals surface area contributed by atoms with Gasteiger partial charge in [0.15, 0.2) is 0 Å². The Balaban J connectivity index is 1.80. The molecule has 1 saturated heterocycles. The summed E-state index contributed by atoms with van der Waals surface area (Å²) in [4.78, 5) is 21.4. The van der Waals surface area contributed by atoms with Crippen LogP contribution in [0.15, 0.2) is 36.8 Å². The van der Waals surface area contributed by atoms with Gasteiger partial charge in [-0.3, -0.25) is 4.79 Å². The van der Waals surface area contributed by atoms with E-state index in [4.69, 9.17) is 4.74 Å². The molecule has 21 heavy (non-hydrogen) atoms. The molecule has 1 aromatic heterocycles. The molecule has 0 aliphatic carbocycles. The van der Waals surface area contributed by atoms with Crippen molar-refractivity contribution in [3.63, 3.8) is 0 Å². The zero-order chi connectivity index (χ0) is 14.7. The van der Waals surface area contributed by atoms with Crippen molar-refractivity contribution in [2.24, 2.45) is 0 Å². The number of carbonyl (C=O) groups is 1. The van der Waals surface area contributed by atoms with Crippen molar-refractivity contribution in [1.82, 2.24) is 14.9 Å². The fraction of sp³-hybridized carbons (Fsp3) is 0.375. The molecule has 0 radical (unpaired) electrons. The van der Waals surface area contributed by atoms with Gasteiger partial charge in [-0.25, -0.2) is 4.98 Å². The minimum atomic E-state index is 0.108. The van der Waals surface area contributed by atoms with Gasteiger partial charge in [-0.1, -0.05) is 18.2 Å². The molecule has 0 bridgehead atoms. The maximum Gasteiger partial charge on any atom is 0.229 e. The topological polar surface area (TPSA) is 58.2 Å².